The van der Waals surface area contributed by atoms with Gasteiger partial charge < -0.3 is 14.5 Å². The van der Waals surface area contributed by atoms with E-state index in [4.69, 9.17) is 4.74 Å². The van der Waals surface area contributed by atoms with Crippen LogP contribution < -0.4 is 4.90 Å². The van der Waals surface area contributed by atoms with E-state index >= 15 is 0 Å². The summed E-state index contributed by atoms with van der Waals surface area (Å²) in [4.78, 5) is 19.0. The molecule has 4 rings (SSSR count). The second-order valence-corrected chi connectivity index (χ2v) is 17.7. The highest BCUT2D eigenvalue weighted by atomic mass is 32.2. The smallest absolute Gasteiger partial charge is 0.305 e. The summed E-state index contributed by atoms with van der Waals surface area (Å²) in [7, 11) is -0.538. The van der Waals surface area contributed by atoms with Gasteiger partial charge in [-0.05, 0) is 94.1 Å². The Balaban J connectivity index is 1.09. The second-order valence-electron chi connectivity index (χ2n) is 14.4. The number of hydrogen-bond donors (Lipinski definition) is 0. The highest BCUT2D eigenvalue weighted by Gasteiger charge is 2.28. The molecule has 0 aromatic heterocycles. The van der Waals surface area contributed by atoms with Crippen molar-refractivity contribution >= 4 is 39.1 Å². The molecule has 0 spiro atoms. The highest BCUT2D eigenvalue weighted by Crippen LogP contribution is 2.49. The molecule has 0 N–H and O–H groups in total. The zero-order valence-electron chi connectivity index (χ0n) is 31.0. The van der Waals surface area contributed by atoms with Crippen LogP contribution in [0.25, 0.3) is 0 Å². The van der Waals surface area contributed by atoms with Crippen LogP contribution in [0.5, 0.6) is 0 Å². The van der Waals surface area contributed by atoms with Gasteiger partial charge in [0.2, 0.25) is 10.0 Å². The van der Waals surface area contributed by atoms with Crippen molar-refractivity contribution < 1.29 is 22.3 Å². The molecule has 280 valence electrons. The Morgan fingerprint density at radius 3 is 2.02 bits per heavy atom. The van der Waals surface area contributed by atoms with Crippen LogP contribution in [-0.4, -0.2) is 70.5 Å². The number of carbonyl (C=O) groups excluding carboxylic acids is 1. The summed E-state index contributed by atoms with van der Waals surface area (Å²) < 4.78 is 47.0. The van der Waals surface area contributed by atoms with Crippen LogP contribution >= 0.6 is 11.8 Å². The number of carbonyl (C=O) groups is 1. The first-order chi connectivity index (χ1) is 24.2. The van der Waals surface area contributed by atoms with Gasteiger partial charge in [-0.2, -0.15) is 0 Å². The van der Waals surface area contributed by atoms with Crippen molar-refractivity contribution in [3.63, 3.8) is 0 Å². The molecule has 50 heavy (non-hydrogen) atoms. The number of unbranched alkanes of at least 4 members (excludes halogenated alkanes) is 12. The number of ether oxygens (including phenoxy) is 1. The lowest BCUT2D eigenvalue weighted by molar-refractivity contribution is -0.144. The fourth-order valence-corrected chi connectivity index (χ4v) is 9.07. The maximum Gasteiger partial charge on any atom is 0.305 e. The highest BCUT2D eigenvalue weighted by molar-refractivity contribution is 7.99. The van der Waals surface area contributed by atoms with Crippen molar-refractivity contribution in [2.75, 3.05) is 51.8 Å². The van der Waals surface area contributed by atoms with Gasteiger partial charge in [0.05, 0.1) is 22.9 Å². The molecule has 2 aromatic rings. The van der Waals surface area contributed by atoms with Gasteiger partial charge in [-0.25, -0.2) is 17.1 Å². The first kappa shape index (κ1) is 40.6. The van der Waals surface area contributed by atoms with Crippen molar-refractivity contribution in [2.45, 2.75) is 137 Å². The molecule has 0 amide bonds. The molecule has 1 saturated heterocycles. The molecule has 2 aromatic carbocycles. The van der Waals surface area contributed by atoms with Crippen molar-refractivity contribution in [3.05, 3.63) is 42.2 Å². The molecule has 0 bridgehead atoms. The summed E-state index contributed by atoms with van der Waals surface area (Å²) in [6, 6.07) is 10.1. The first-order valence-electron chi connectivity index (χ1n) is 19.4. The maximum atomic E-state index is 14.4. The van der Waals surface area contributed by atoms with E-state index in [1.165, 1.54) is 95.1 Å². The van der Waals surface area contributed by atoms with E-state index in [9.17, 15) is 17.6 Å². The standard InChI is InChI=1S/C40H62FN3O4S2/c1-4-5-6-7-8-9-10-11-12-13-14-15-16-18-40(45)48-30-25-33-23-28-43(29-24-33)26-17-27-44-36-31-34(41)19-21-38(36)49-39-22-20-35(32-37(39)44)50(46,47)42(2)3/h19-22,31-33H,4-18,23-30H2,1-3H3/i41-1. The number of esters is 1. The van der Waals surface area contributed by atoms with Crippen LogP contribution in [0, 0.1) is 11.7 Å². The van der Waals surface area contributed by atoms with Crippen molar-refractivity contribution in [2.24, 2.45) is 5.92 Å². The summed E-state index contributed by atoms with van der Waals surface area (Å²) >= 11 is 1.54. The van der Waals surface area contributed by atoms with E-state index in [0.29, 0.717) is 25.5 Å². The third-order valence-corrected chi connectivity index (χ3v) is 13.2. The van der Waals surface area contributed by atoms with Crippen molar-refractivity contribution in [1.82, 2.24) is 9.21 Å². The Hall–Kier alpha value is -2.14. The van der Waals surface area contributed by atoms with Gasteiger partial charge in [0.25, 0.3) is 0 Å². The van der Waals surface area contributed by atoms with Gasteiger partial charge in [-0.1, -0.05) is 95.7 Å². The van der Waals surface area contributed by atoms with E-state index in [2.05, 4.69) is 16.7 Å². The lowest BCUT2D eigenvalue weighted by Gasteiger charge is -2.35. The van der Waals surface area contributed by atoms with Gasteiger partial charge in [-0.15, -0.1) is 0 Å². The molecule has 1 fully saturated rings. The summed E-state index contributed by atoms with van der Waals surface area (Å²) in [5.74, 6) is 0.228. The summed E-state index contributed by atoms with van der Waals surface area (Å²) in [5, 5.41) is 0. The maximum absolute atomic E-state index is 14.4. The van der Waals surface area contributed by atoms with Crippen molar-refractivity contribution in [3.8, 4) is 0 Å². The topological polar surface area (TPSA) is 70.2 Å². The average molecular weight is 731 g/mol. The number of halogens is 1. The average Bonchev–Trinajstić information content (AvgIpc) is 3.10. The lowest BCUT2D eigenvalue weighted by Crippen LogP contribution is -2.36. The van der Waals surface area contributed by atoms with Crippen molar-refractivity contribution in [1.29, 1.82) is 0 Å². The van der Waals surface area contributed by atoms with Gasteiger partial charge in [0, 0.05) is 36.9 Å². The van der Waals surface area contributed by atoms with Crippen LogP contribution in [0.3, 0.4) is 0 Å². The zero-order valence-corrected chi connectivity index (χ0v) is 32.6. The monoisotopic (exact) mass is 730 g/mol. The van der Waals surface area contributed by atoms with Crippen LogP contribution in [0.1, 0.15) is 122 Å². The minimum Gasteiger partial charge on any atom is -0.466 e. The number of likely N-dealkylation sites (tertiary alicyclic amines) is 1. The SMILES string of the molecule is CCCCCCCCCCCCCCCC(=O)OCCC1CCN(CCCN2c3cc([18F])ccc3Sc3ccc(S(=O)(=O)N(C)C)cc32)CC1. The summed E-state index contributed by atoms with van der Waals surface area (Å²) in [6.45, 7) is 6.39. The molecule has 0 radical (unpaired) electrons. The van der Waals surface area contributed by atoms with Crippen LogP contribution in [0.2, 0.25) is 0 Å². The number of anilines is 2. The number of nitrogens with zero attached hydrogens (tertiary/aromatic N) is 3. The molecule has 2 aliphatic rings. The molecule has 0 saturated carbocycles. The van der Waals surface area contributed by atoms with Crippen LogP contribution in [0.15, 0.2) is 51.1 Å². The largest absolute Gasteiger partial charge is 0.466 e. The second kappa shape index (κ2) is 21.4. The predicted molar refractivity (Wildman–Crippen MR) is 205 cm³/mol. The van der Waals surface area contributed by atoms with Crippen LogP contribution in [0.4, 0.5) is 15.8 Å². The number of piperidine rings is 1. The fourth-order valence-electron chi connectivity index (χ4n) is 7.09. The number of sulfonamides is 1. The molecule has 0 atom stereocenters. The predicted octanol–water partition coefficient (Wildman–Crippen LogP) is 10.2. The Kier molecular flexibility index (Phi) is 17.4. The molecular weight excluding hydrogens is 669 g/mol. The number of fused-ring (bicyclic) bond motifs is 2. The Morgan fingerprint density at radius 1 is 0.820 bits per heavy atom. The quantitative estimate of drug-likeness (QED) is 0.0833. The number of benzene rings is 2. The number of rotatable bonds is 23. The zero-order chi connectivity index (χ0) is 35.8. The molecular formula is C40H62FN3O4S2. The minimum absolute atomic E-state index is 0.0453. The van der Waals surface area contributed by atoms with E-state index in [0.717, 1.165) is 79.3 Å². The van der Waals surface area contributed by atoms with Gasteiger partial charge >= 0.3 is 5.97 Å². The summed E-state index contributed by atoms with van der Waals surface area (Å²) in [5.41, 5.74) is 1.59. The third kappa shape index (κ3) is 12.8. The molecule has 2 heterocycles. The van der Waals surface area contributed by atoms with E-state index in [1.807, 2.05) is 6.07 Å². The van der Waals surface area contributed by atoms with E-state index < -0.39 is 10.0 Å². The molecule has 2 aliphatic heterocycles. The fraction of sp³-hybridized carbons (Fsp3) is 0.675. The van der Waals surface area contributed by atoms with Crippen LogP contribution in [-0.2, 0) is 19.6 Å². The van der Waals surface area contributed by atoms with Gasteiger partial charge in [0.15, 0.2) is 0 Å². The number of hydrogen-bond acceptors (Lipinski definition) is 7. The lowest BCUT2D eigenvalue weighted by atomic mass is 9.94. The Labute approximate surface area is 306 Å². The molecule has 7 nitrogen and oxygen atoms in total. The summed E-state index contributed by atoms with van der Waals surface area (Å²) in [6.07, 6.45) is 21.4. The third-order valence-electron chi connectivity index (χ3n) is 10.3. The Morgan fingerprint density at radius 2 is 1.40 bits per heavy atom. The molecule has 0 aliphatic carbocycles. The first-order valence-corrected chi connectivity index (χ1v) is 21.6. The minimum atomic E-state index is -3.60. The molecule has 10 heteroatoms. The Bertz CT molecular complexity index is 1430. The van der Waals surface area contributed by atoms with E-state index in [1.54, 1.807) is 36.0 Å². The van der Waals surface area contributed by atoms with Gasteiger partial charge in [0.1, 0.15) is 5.82 Å². The van der Waals surface area contributed by atoms with E-state index in [-0.39, 0.29) is 16.7 Å². The molecule has 0 unspecified atom stereocenters. The van der Waals surface area contributed by atoms with Gasteiger partial charge in [-0.3, -0.25) is 4.79 Å². The normalized spacial score (nSPS) is 15.3.